The molecule has 1 rings (SSSR count). The highest BCUT2D eigenvalue weighted by atomic mass is 15.1. The van der Waals surface area contributed by atoms with Crippen molar-refractivity contribution < 1.29 is 0 Å². The Balaban J connectivity index is 2.10. The summed E-state index contributed by atoms with van der Waals surface area (Å²) in [6, 6.07) is 0. The van der Waals surface area contributed by atoms with E-state index in [0.29, 0.717) is 0 Å². The smallest absolute Gasteiger partial charge is 0.00161 e. The fourth-order valence-electron chi connectivity index (χ4n) is 2.26. The normalized spacial score (nSPS) is 18.9. The van der Waals surface area contributed by atoms with Gasteiger partial charge in [-0.2, -0.15) is 0 Å². The minimum Gasteiger partial charge on any atom is -0.303 e. The molecule has 84 valence electrons. The zero-order valence-electron chi connectivity index (χ0n) is 10.3. The lowest BCUT2D eigenvalue weighted by molar-refractivity contribution is 0.249. The molecule has 0 amide bonds. The van der Waals surface area contributed by atoms with Gasteiger partial charge in [0.25, 0.3) is 0 Å². The molecule has 1 aliphatic carbocycles. The van der Waals surface area contributed by atoms with E-state index in [1.54, 1.807) is 0 Å². The van der Waals surface area contributed by atoms with Gasteiger partial charge in [-0.25, -0.2) is 0 Å². The summed E-state index contributed by atoms with van der Waals surface area (Å²) < 4.78 is 0. The average Bonchev–Trinajstić information content (AvgIpc) is 2.97. The first-order chi connectivity index (χ1) is 6.77. The Kier molecular flexibility index (Phi) is 5.54. The van der Waals surface area contributed by atoms with E-state index in [4.69, 9.17) is 0 Å². The molecule has 0 saturated heterocycles. The van der Waals surface area contributed by atoms with Crippen LogP contribution in [0.2, 0.25) is 0 Å². The molecule has 0 heterocycles. The van der Waals surface area contributed by atoms with Gasteiger partial charge in [0.2, 0.25) is 0 Å². The Morgan fingerprint density at radius 1 is 1.07 bits per heavy atom. The molecule has 0 aromatic carbocycles. The zero-order valence-corrected chi connectivity index (χ0v) is 10.3. The van der Waals surface area contributed by atoms with Gasteiger partial charge in [0.1, 0.15) is 0 Å². The SMILES string of the molecule is CCCN(CCC)CCC(C)C1CC1. The molecule has 1 unspecified atom stereocenters. The van der Waals surface area contributed by atoms with Crippen molar-refractivity contribution in [3.8, 4) is 0 Å². The Morgan fingerprint density at radius 2 is 1.64 bits per heavy atom. The Labute approximate surface area is 89.9 Å². The summed E-state index contributed by atoms with van der Waals surface area (Å²) in [6.45, 7) is 10.9. The quantitative estimate of drug-likeness (QED) is 0.575. The maximum atomic E-state index is 2.64. The molecular formula is C13H27N. The summed E-state index contributed by atoms with van der Waals surface area (Å²) in [5.41, 5.74) is 0. The first kappa shape index (κ1) is 12.0. The molecule has 1 fully saturated rings. The predicted molar refractivity (Wildman–Crippen MR) is 63.5 cm³/mol. The van der Waals surface area contributed by atoms with Crippen molar-refractivity contribution in [3.63, 3.8) is 0 Å². The van der Waals surface area contributed by atoms with Crippen LogP contribution in [0.15, 0.2) is 0 Å². The zero-order chi connectivity index (χ0) is 10.4. The molecule has 1 heteroatoms. The predicted octanol–water partition coefficient (Wildman–Crippen LogP) is 3.54. The largest absolute Gasteiger partial charge is 0.303 e. The monoisotopic (exact) mass is 197 g/mol. The molecule has 1 saturated carbocycles. The summed E-state index contributed by atoms with van der Waals surface area (Å²) in [4.78, 5) is 2.64. The molecule has 0 spiro atoms. The van der Waals surface area contributed by atoms with Gasteiger partial charge in [-0.05, 0) is 63.6 Å². The summed E-state index contributed by atoms with van der Waals surface area (Å²) >= 11 is 0. The molecule has 1 aliphatic rings. The average molecular weight is 197 g/mol. The second kappa shape index (κ2) is 6.44. The van der Waals surface area contributed by atoms with Crippen molar-refractivity contribution in [3.05, 3.63) is 0 Å². The molecule has 0 aliphatic heterocycles. The highest BCUT2D eigenvalue weighted by Gasteiger charge is 2.27. The van der Waals surface area contributed by atoms with Crippen LogP contribution in [-0.2, 0) is 0 Å². The van der Waals surface area contributed by atoms with Crippen molar-refractivity contribution in [1.82, 2.24) is 4.90 Å². The van der Waals surface area contributed by atoms with Crippen molar-refractivity contribution in [2.24, 2.45) is 11.8 Å². The van der Waals surface area contributed by atoms with Crippen LogP contribution in [0.5, 0.6) is 0 Å². The molecule has 0 N–H and O–H groups in total. The van der Waals surface area contributed by atoms with Gasteiger partial charge in [0, 0.05) is 0 Å². The first-order valence-electron chi connectivity index (χ1n) is 6.50. The summed E-state index contributed by atoms with van der Waals surface area (Å²) in [5, 5.41) is 0. The minimum atomic E-state index is 0.978. The standard InChI is InChI=1S/C13H27N/c1-4-9-14(10-5-2)11-8-12(3)13-6-7-13/h12-13H,4-11H2,1-3H3. The van der Waals surface area contributed by atoms with E-state index in [2.05, 4.69) is 25.7 Å². The van der Waals surface area contributed by atoms with E-state index in [-0.39, 0.29) is 0 Å². The second-order valence-corrected chi connectivity index (χ2v) is 4.95. The van der Waals surface area contributed by atoms with E-state index in [0.717, 1.165) is 11.8 Å². The molecule has 0 bridgehead atoms. The molecule has 0 radical (unpaired) electrons. The van der Waals surface area contributed by atoms with E-state index >= 15 is 0 Å². The Hall–Kier alpha value is -0.0400. The van der Waals surface area contributed by atoms with Crippen LogP contribution in [0.25, 0.3) is 0 Å². The third-order valence-corrected chi connectivity index (χ3v) is 3.41. The molecule has 0 aromatic rings. The van der Waals surface area contributed by atoms with Crippen molar-refractivity contribution in [1.29, 1.82) is 0 Å². The van der Waals surface area contributed by atoms with Crippen LogP contribution in [0.1, 0.15) is 52.9 Å². The second-order valence-electron chi connectivity index (χ2n) is 4.95. The van der Waals surface area contributed by atoms with E-state index in [1.165, 1.54) is 51.7 Å². The number of nitrogens with zero attached hydrogens (tertiary/aromatic N) is 1. The lowest BCUT2D eigenvalue weighted by Crippen LogP contribution is -2.27. The summed E-state index contributed by atoms with van der Waals surface area (Å²) in [7, 11) is 0. The fraction of sp³-hybridized carbons (Fsp3) is 1.00. The van der Waals surface area contributed by atoms with Crippen molar-refractivity contribution in [2.75, 3.05) is 19.6 Å². The van der Waals surface area contributed by atoms with Crippen LogP contribution in [0.3, 0.4) is 0 Å². The van der Waals surface area contributed by atoms with Crippen LogP contribution >= 0.6 is 0 Å². The molecule has 14 heavy (non-hydrogen) atoms. The maximum absolute atomic E-state index is 2.64. The van der Waals surface area contributed by atoms with Gasteiger partial charge in [0.15, 0.2) is 0 Å². The highest BCUT2D eigenvalue weighted by molar-refractivity contribution is 4.79. The van der Waals surface area contributed by atoms with Crippen LogP contribution < -0.4 is 0 Å². The van der Waals surface area contributed by atoms with Crippen molar-refractivity contribution in [2.45, 2.75) is 52.9 Å². The van der Waals surface area contributed by atoms with Gasteiger partial charge in [-0.15, -0.1) is 0 Å². The highest BCUT2D eigenvalue weighted by Crippen LogP contribution is 2.38. The lowest BCUT2D eigenvalue weighted by atomic mass is 10.0. The van der Waals surface area contributed by atoms with Crippen LogP contribution in [0.4, 0.5) is 0 Å². The number of hydrogen-bond acceptors (Lipinski definition) is 1. The third-order valence-electron chi connectivity index (χ3n) is 3.41. The van der Waals surface area contributed by atoms with E-state index in [1.807, 2.05) is 0 Å². The van der Waals surface area contributed by atoms with E-state index < -0.39 is 0 Å². The lowest BCUT2D eigenvalue weighted by Gasteiger charge is -2.22. The Morgan fingerprint density at radius 3 is 2.07 bits per heavy atom. The van der Waals surface area contributed by atoms with Gasteiger partial charge < -0.3 is 4.90 Å². The van der Waals surface area contributed by atoms with Gasteiger partial charge in [-0.3, -0.25) is 0 Å². The van der Waals surface area contributed by atoms with Crippen LogP contribution in [-0.4, -0.2) is 24.5 Å². The number of hydrogen-bond donors (Lipinski definition) is 0. The third kappa shape index (κ3) is 4.45. The molecular weight excluding hydrogens is 170 g/mol. The fourth-order valence-corrected chi connectivity index (χ4v) is 2.26. The van der Waals surface area contributed by atoms with Crippen molar-refractivity contribution >= 4 is 0 Å². The minimum absolute atomic E-state index is 0.978. The van der Waals surface area contributed by atoms with Gasteiger partial charge in [-0.1, -0.05) is 20.8 Å². The number of rotatable bonds is 8. The summed E-state index contributed by atoms with van der Waals surface area (Å²) in [5.74, 6) is 2.06. The molecule has 1 atom stereocenters. The summed E-state index contributed by atoms with van der Waals surface area (Å²) in [6.07, 6.45) is 7.03. The topological polar surface area (TPSA) is 3.24 Å². The van der Waals surface area contributed by atoms with Gasteiger partial charge >= 0.3 is 0 Å². The van der Waals surface area contributed by atoms with E-state index in [9.17, 15) is 0 Å². The molecule has 1 nitrogen and oxygen atoms in total. The maximum Gasteiger partial charge on any atom is -0.00161 e. The van der Waals surface area contributed by atoms with Gasteiger partial charge in [0.05, 0.1) is 0 Å². The first-order valence-corrected chi connectivity index (χ1v) is 6.50. The van der Waals surface area contributed by atoms with Crippen LogP contribution in [0, 0.1) is 11.8 Å². The Bertz CT molecular complexity index is 134. The molecule has 0 aromatic heterocycles.